The summed E-state index contributed by atoms with van der Waals surface area (Å²) in [7, 11) is 0. The van der Waals surface area contributed by atoms with Crippen LogP contribution in [0.3, 0.4) is 0 Å². The van der Waals surface area contributed by atoms with Gasteiger partial charge in [-0.05, 0) is 56.6 Å². The maximum atomic E-state index is 3.96. The average molecular weight is 239 g/mol. The van der Waals surface area contributed by atoms with Gasteiger partial charge >= 0.3 is 0 Å². The summed E-state index contributed by atoms with van der Waals surface area (Å²) in [6.45, 7) is 1.28. The van der Waals surface area contributed by atoms with Gasteiger partial charge in [0.15, 0.2) is 0 Å². The Morgan fingerprint density at radius 3 is 2.12 bits per heavy atom. The molecule has 0 unspecified atom stereocenters. The van der Waals surface area contributed by atoms with Crippen molar-refractivity contribution in [2.45, 2.75) is 62.2 Å². The lowest BCUT2D eigenvalue weighted by Gasteiger charge is -2.30. The lowest BCUT2D eigenvalue weighted by atomic mass is 10.0. The summed E-state index contributed by atoms with van der Waals surface area (Å²) in [6.07, 6.45) is 14.1. The van der Waals surface area contributed by atoms with Crippen LogP contribution in [-0.2, 0) is 0 Å². The minimum absolute atomic E-state index is 0.599. The summed E-state index contributed by atoms with van der Waals surface area (Å²) in [6, 6.07) is 0.893. The van der Waals surface area contributed by atoms with Crippen LogP contribution < -0.4 is 5.32 Å². The fourth-order valence-corrected chi connectivity index (χ4v) is 4.33. The normalized spacial score (nSPS) is 28.9. The van der Waals surface area contributed by atoms with Crippen LogP contribution in [0.25, 0.3) is 0 Å². The predicted octanol–water partition coefficient (Wildman–Crippen LogP) is 3.44. The molecule has 2 heteroatoms. The van der Waals surface area contributed by atoms with E-state index in [1.54, 1.807) is 0 Å². The highest BCUT2D eigenvalue weighted by Crippen LogP contribution is 2.46. The second-order valence-corrected chi connectivity index (χ2v) is 7.45. The second-order valence-electron chi connectivity index (χ2n) is 6.18. The molecule has 0 heterocycles. The molecule has 1 N–H and O–H groups in total. The lowest BCUT2D eigenvalue weighted by molar-refractivity contribution is 0.389. The van der Waals surface area contributed by atoms with Gasteiger partial charge in [-0.3, -0.25) is 0 Å². The Kier molecular flexibility index (Phi) is 3.23. The molecule has 0 saturated heterocycles. The summed E-state index contributed by atoms with van der Waals surface area (Å²) in [5, 5.41) is 3.96. The Morgan fingerprint density at radius 2 is 1.69 bits per heavy atom. The molecule has 0 spiro atoms. The van der Waals surface area contributed by atoms with Gasteiger partial charge in [-0.1, -0.05) is 12.8 Å². The lowest BCUT2D eigenvalue weighted by Crippen LogP contribution is -2.42. The third-order valence-corrected chi connectivity index (χ3v) is 6.29. The molecule has 1 nitrogen and oxygen atoms in total. The Bertz CT molecular complexity index is 227. The molecule has 0 aromatic rings. The van der Waals surface area contributed by atoms with Gasteiger partial charge in [-0.2, -0.15) is 11.8 Å². The topological polar surface area (TPSA) is 12.0 Å². The van der Waals surface area contributed by atoms with Gasteiger partial charge < -0.3 is 5.32 Å². The average Bonchev–Trinajstić information content (AvgIpc) is 3.21. The van der Waals surface area contributed by atoms with Crippen LogP contribution in [-0.4, -0.2) is 23.6 Å². The molecular weight excluding hydrogens is 214 g/mol. The maximum Gasteiger partial charge on any atom is 0.0281 e. The number of thioether (sulfide) groups is 1. The van der Waals surface area contributed by atoms with Gasteiger partial charge in [0.25, 0.3) is 0 Å². The molecule has 16 heavy (non-hydrogen) atoms. The zero-order valence-corrected chi connectivity index (χ0v) is 11.3. The van der Waals surface area contributed by atoms with E-state index in [1.165, 1.54) is 57.9 Å². The summed E-state index contributed by atoms with van der Waals surface area (Å²) >= 11 is 2.12. The van der Waals surface area contributed by atoms with Crippen molar-refractivity contribution in [3.8, 4) is 0 Å². The molecule has 0 aromatic heterocycles. The van der Waals surface area contributed by atoms with E-state index >= 15 is 0 Å². The van der Waals surface area contributed by atoms with Crippen molar-refractivity contribution < 1.29 is 0 Å². The Morgan fingerprint density at radius 1 is 1.12 bits per heavy atom. The van der Waals surface area contributed by atoms with Gasteiger partial charge in [-0.25, -0.2) is 0 Å². The number of nitrogens with one attached hydrogen (secondary N) is 1. The first kappa shape index (κ1) is 11.4. The zero-order valence-electron chi connectivity index (χ0n) is 10.5. The first-order valence-corrected chi connectivity index (χ1v) is 8.34. The molecule has 0 aliphatic heterocycles. The minimum Gasteiger partial charge on any atom is -0.312 e. The highest BCUT2D eigenvalue weighted by molar-refractivity contribution is 8.00. The van der Waals surface area contributed by atoms with E-state index in [1.807, 2.05) is 0 Å². The van der Waals surface area contributed by atoms with Crippen molar-refractivity contribution in [3.63, 3.8) is 0 Å². The van der Waals surface area contributed by atoms with Crippen LogP contribution in [0.15, 0.2) is 0 Å². The van der Waals surface area contributed by atoms with Gasteiger partial charge in [0, 0.05) is 17.3 Å². The highest BCUT2D eigenvalue weighted by Gasteiger charge is 2.42. The molecule has 3 rings (SSSR count). The van der Waals surface area contributed by atoms with Crippen LogP contribution in [0.4, 0.5) is 0 Å². The van der Waals surface area contributed by atoms with Crippen LogP contribution in [0.1, 0.15) is 51.4 Å². The van der Waals surface area contributed by atoms with Gasteiger partial charge in [0.2, 0.25) is 0 Å². The Balaban J connectivity index is 1.53. The van der Waals surface area contributed by atoms with E-state index < -0.39 is 0 Å². The van der Waals surface area contributed by atoms with Crippen molar-refractivity contribution in [2.75, 3.05) is 12.8 Å². The third-order valence-electron chi connectivity index (χ3n) is 4.87. The van der Waals surface area contributed by atoms with E-state index in [0.717, 1.165) is 17.9 Å². The smallest absolute Gasteiger partial charge is 0.0281 e. The third kappa shape index (κ3) is 2.43. The van der Waals surface area contributed by atoms with E-state index in [2.05, 4.69) is 23.3 Å². The zero-order chi connectivity index (χ0) is 11.0. The van der Waals surface area contributed by atoms with Crippen LogP contribution in [0.5, 0.6) is 0 Å². The molecular formula is C14H25NS. The first-order valence-electron chi connectivity index (χ1n) is 7.11. The fraction of sp³-hybridized carbons (Fsp3) is 1.00. The Labute approximate surface area is 104 Å². The largest absolute Gasteiger partial charge is 0.312 e. The van der Waals surface area contributed by atoms with Gasteiger partial charge in [-0.15, -0.1) is 0 Å². The quantitative estimate of drug-likeness (QED) is 0.762. The van der Waals surface area contributed by atoms with E-state index in [0.29, 0.717) is 4.75 Å². The molecule has 92 valence electrons. The fourth-order valence-electron chi connectivity index (χ4n) is 3.41. The standard InChI is InChI=1S/C14H25NS/c1-16-14(8-2-3-9-14)10-15-13(11-4-5-11)12-6-7-12/h11-13,15H,2-10H2,1H3. The highest BCUT2D eigenvalue weighted by atomic mass is 32.2. The number of rotatable bonds is 6. The number of hydrogen-bond acceptors (Lipinski definition) is 2. The minimum atomic E-state index is 0.599. The Hall–Kier alpha value is 0.310. The monoisotopic (exact) mass is 239 g/mol. The summed E-state index contributed by atoms with van der Waals surface area (Å²) in [5.74, 6) is 2.10. The molecule has 0 bridgehead atoms. The molecule has 0 amide bonds. The predicted molar refractivity (Wildman–Crippen MR) is 72.0 cm³/mol. The van der Waals surface area contributed by atoms with E-state index in [4.69, 9.17) is 0 Å². The van der Waals surface area contributed by atoms with E-state index in [-0.39, 0.29) is 0 Å². The van der Waals surface area contributed by atoms with Gasteiger partial charge in [0.05, 0.1) is 0 Å². The van der Waals surface area contributed by atoms with Crippen molar-refractivity contribution in [1.29, 1.82) is 0 Å². The van der Waals surface area contributed by atoms with Crippen LogP contribution >= 0.6 is 11.8 Å². The van der Waals surface area contributed by atoms with Crippen molar-refractivity contribution >= 4 is 11.8 Å². The van der Waals surface area contributed by atoms with Crippen molar-refractivity contribution in [2.24, 2.45) is 11.8 Å². The van der Waals surface area contributed by atoms with Crippen LogP contribution in [0.2, 0.25) is 0 Å². The first-order chi connectivity index (χ1) is 7.83. The maximum absolute atomic E-state index is 3.96. The SMILES string of the molecule is CSC1(CNC(C2CC2)C2CC2)CCCC1. The van der Waals surface area contributed by atoms with Crippen LogP contribution in [0, 0.1) is 11.8 Å². The molecule has 3 aliphatic carbocycles. The molecule has 0 aromatic carbocycles. The second kappa shape index (κ2) is 4.53. The summed E-state index contributed by atoms with van der Waals surface area (Å²) < 4.78 is 0.599. The van der Waals surface area contributed by atoms with E-state index in [9.17, 15) is 0 Å². The van der Waals surface area contributed by atoms with Crippen molar-refractivity contribution in [1.82, 2.24) is 5.32 Å². The van der Waals surface area contributed by atoms with Crippen molar-refractivity contribution in [3.05, 3.63) is 0 Å². The summed E-state index contributed by atoms with van der Waals surface area (Å²) in [5.41, 5.74) is 0. The molecule has 3 saturated carbocycles. The van der Waals surface area contributed by atoms with Gasteiger partial charge in [0.1, 0.15) is 0 Å². The molecule has 3 fully saturated rings. The molecule has 0 atom stereocenters. The number of hydrogen-bond donors (Lipinski definition) is 1. The molecule has 3 aliphatic rings. The summed E-state index contributed by atoms with van der Waals surface area (Å²) in [4.78, 5) is 0. The molecule has 0 radical (unpaired) electrons.